The van der Waals surface area contributed by atoms with Crippen LogP contribution in [0.5, 0.6) is 0 Å². The van der Waals surface area contributed by atoms with Crippen LogP contribution >= 0.6 is 11.3 Å². The summed E-state index contributed by atoms with van der Waals surface area (Å²) in [4.78, 5) is 36.9. The van der Waals surface area contributed by atoms with Gasteiger partial charge in [-0.15, -0.1) is 11.3 Å². The van der Waals surface area contributed by atoms with Gasteiger partial charge in [-0.05, 0) is 0 Å². The number of amides is 1. The number of nitrogens with two attached hydrogens (primary N) is 1. The summed E-state index contributed by atoms with van der Waals surface area (Å²) in [5, 5.41) is -0.152. The molecule has 86 valence electrons. The molecular weight excluding hydrogens is 236 g/mol. The predicted molar refractivity (Wildman–Crippen MR) is 53.3 cm³/mol. The molecule has 8 heteroatoms. The lowest BCUT2D eigenvalue weighted by Crippen LogP contribution is -2.12. The number of nitrogens with zero attached hydrogens (tertiary/aromatic N) is 1. The Hall–Kier alpha value is -1.96. The van der Waals surface area contributed by atoms with Crippen molar-refractivity contribution >= 4 is 29.2 Å². The maximum atomic E-state index is 11.3. The Morgan fingerprint density at radius 1 is 1.19 bits per heavy atom. The van der Waals surface area contributed by atoms with Crippen LogP contribution in [0.1, 0.15) is 30.0 Å². The summed E-state index contributed by atoms with van der Waals surface area (Å²) in [7, 11) is 2.28. The van der Waals surface area contributed by atoms with Crippen LogP contribution in [0.2, 0.25) is 0 Å². The van der Waals surface area contributed by atoms with Gasteiger partial charge in [0.15, 0.2) is 10.7 Å². The molecule has 0 radical (unpaired) electrons. The summed E-state index contributed by atoms with van der Waals surface area (Å²) < 4.78 is 8.85. The Morgan fingerprint density at radius 2 is 1.75 bits per heavy atom. The molecule has 1 heterocycles. The number of primary amides is 1. The van der Waals surface area contributed by atoms with E-state index in [9.17, 15) is 14.4 Å². The van der Waals surface area contributed by atoms with Crippen LogP contribution in [0, 0.1) is 0 Å². The molecule has 0 aliphatic rings. The van der Waals surface area contributed by atoms with E-state index in [0.29, 0.717) is 11.3 Å². The highest BCUT2D eigenvalue weighted by atomic mass is 32.1. The lowest BCUT2D eigenvalue weighted by atomic mass is 10.3. The number of carbonyl (C=O) groups excluding carboxylic acids is 3. The monoisotopic (exact) mass is 244 g/mol. The predicted octanol–water partition coefficient (Wildman–Crippen LogP) is -0.185. The second-order valence-electron chi connectivity index (χ2n) is 2.54. The summed E-state index contributed by atoms with van der Waals surface area (Å²) in [6, 6.07) is 0. The molecule has 0 saturated heterocycles. The van der Waals surface area contributed by atoms with Gasteiger partial charge in [-0.1, -0.05) is 0 Å². The molecule has 0 spiro atoms. The van der Waals surface area contributed by atoms with Crippen LogP contribution in [0.15, 0.2) is 0 Å². The molecular formula is C8H8N2O5S. The Kier molecular flexibility index (Phi) is 3.56. The molecule has 0 saturated carbocycles. The van der Waals surface area contributed by atoms with Crippen molar-refractivity contribution in [2.75, 3.05) is 14.2 Å². The average Bonchev–Trinajstić information content (AvgIpc) is 2.71. The van der Waals surface area contributed by atoms with Crippen LogP contribution in [-0.4, -0.2) is 37.0 Å². The van der Waals surface area contributed by atoms with E-state index in [1.165, 1.54) is 0 Å². The number of hydrogen-bond donors (Lipinski definition) is 1. The van der Waals surface area contributed by atoms with Crippen molar-refractivity contribution in [3.63, 3.8) is 0 Å². The number of aromatic nitrogens is 1. The summed E-state index contributed by atoms with van der Waals surface area (Å²) in [6.45, 7) is 0. The van der Waals surface area contributed by atoms with E-state index >= 15 is 0 Å². The minimum atomic E-state index is -0.829. The number of rotatable bonds is 3. The van der Waals surface area contributed by atoms with Crippen molar-refractivity contribution in [3.8, 4) is 0 Å². The molecule has 0 bridgehead atoms. The molecule has 0 aliphatic heterocycles. The van der Waals surface area contributed by atoms with Gasteiger partial charge in [0.1, 0.15) is 4.88 Å². The number of carbonyl (C=O) groups is 3. The summed E-state index contributed by atoms with van der Waals surface area (Å²) in [5.41, 5.74) is 4.71. The fraction of sp³-hybridized carbons (Fsp3) is 0.250. The van der Waals surface area contributed by atoms with E-state index in [1.54, 1.807) is 0 Å². The van der Waals surface area contributed by atoms with Gasteiger partial charge in [0.25, 0.3) is 5.91 Å². The maximum absolute atomic E-state index is 11.3. The molecule has 1 rings (SSSR count). The van der Waals surface area contributed by atoms with E-state index in [0.717, 1.165) is 14.2 Å². The summed E-state index contributed by atoms with van der Waals surface area (Å²) >= 11 is 0.683. The van der Waals surface area contributed by atoms with Gasteiger partial charge in [-0.3, -0.25) is 4.79 Å². The van der Waals surface area contributed by atoms with Crippen molar-refractivity contribution in [2.24, 2.45) is 5.73 Å². The second kappa shape index (κ2) is 4.71. The summed E-state index contributed by atoms with van der Waals surface area (Å²) in [6.07, 6.45) is 0. The highest BCUT2D eigenvalue weighted by Gasteiger charge is 2.26. The first kappa shape index (κ1) is 12.1. The molecule has 0 aliphatic carbocycles. The zero-order chi connectivity index (χ0) is 12.3. The minimum Gasteiger partial charge on any atom is -0.465 e. The normalized spacial score (nSPS) is 9.62. The molecule has 7 nitrogen and oxygen atoms in total. The van der Waals surface area contributed by atoms with Gasteiger partial charge in [0.2, 0.25) is 0 Å². The zero-order valence-electron chi connectivity index (χ0n) is 8.47. The van der Waals surface area contributed by atoms with Crippen molar-refractivity contribution in [1.29, 1.82) is 0 Å². The molecule has 1 aromatic heterocycles. The van der Waals surface area contributed by atoms with E-state index < -0.39 is 17.8 Å². The third kappa shape index (κ3) is 2.16. The van der Waals surface area contributed by atoms with Crippen molar-refractivity contribution < 1.29 is 23.9 Å². The number of ether oxygens (including phenoxy) is 2. The Labute approximate surface area is 94.2 Å². The molecule has 16 heavy (non-hydrogen) atoms. The largest absolute Gasteiger partial charge is 0.465 e. The number of esters is 2. The van der Waals surface area contributed by atoms with Crippen molar-refractivity contribution in [1.82, 2.24) is 4.98 Å². The maximum Gasteiger partial charge on any atom is 0.358 e. The van der Waals surface area contributed by atoms with Gasteiger partial charge in [-0.25, -0.2) is 14.6 Å². The average molecular weight is 244 g/mol. The first-order valence-corrected chi connectivity index (χ1v) is 4.80. The van der Waals surface area contributed by atoms with E-state index in [2.05, 4.69) is 14.5 Å². The third-order valence-electron chi connectivity index (χ3n) is 1.59. The first-order valence-electron chi connectivity index (χ1n) is 3.98. The van der Waals surface area contributed by atoms with Crippen LogP contribution < -0.4 is 5.73 Å². The Bertz CT molecular complexity index is 420. The molecule has 1 amide bonds. The highest BCUT2D eigenvalue weighted by Crippen LogP contribution is 2.20. The molecule has 0 atom stereocenters. The fourth-order valence-electron chi connectivity index (χ4n) is 0.892. The number of methoxy groups -OCH3 is 2. The lowest BCUT2D eigenvalue weighted by molar-refractivity contribution is 0.0555. The quantitative estimate of drug-likeness (QED) is 0.738. The summed E-state index contributed by atoms with van der Waals surface area (Å²) in [5.74, 6) is -2.43. The van der Waals surface area contributed by atoms with Crippen LogP contribution in [-0.2, 0) is 9.47 Å². The first-order chi connectivity index (χ1) is 7.51. The van der Waals surface area contributed by atoms with Crippen LogP contribution in [0.25, 0.3) is 0 Å². The topological polar surface area (TPSA) is 109 Å². The van der Waals surface area contributed by atoms with Gasteiger partial charge in [0.05, 0.1) is 14.2 Å². The lowest BCUT2D eigenvalue weighted by Gasteiger charge is -1.97. The molecule has 1 aromatic rings. The van der Waals surface area contributed by atoms with E-state index in [1.807, 2.05) is 0 Å². The molecule has 0 aromatic carbocycles. The molecule has 0 fully saturated rings. The Balaban J connectivity index is 3.28. The van der Waals surface area contributed by atoms with Crippen LogP contribution in [0.4, 0.5) is 0 Å². The number of thiazole rings is 1. The minimum absolute atomic E-state index is 0.108. The third-order valence-corrected chi connectivity index (χ3v) is 2.64. The Morgan fingerprint density at radius 3 is 2.19 bits per heavy atom. The highest BCUT2D eigenvalue weighted by molar-refractivity contribution is 7.15. The van der Waals surface area contributed by atoms with Gasteiger partial charge >= 0.3 is 11.9 Å². The van der Waals surface area contributed by atoms with Gasteiger partial charge < -0.3 is 15.2 Å². The van der Waals surface area contributed by atoms with Gasteiger partial charge in [-0.2, -0.15) is 0 Å². The second-order valence-corrected chi connectivity index (χ2v) is 3.54. The number of hydrogen-bond acceptors (Lipinski definition) is 7. The van der Waals surface area contributed by atoms with Crippen molar-refractivity contribution in [2.45, 2.75) is 0 Å². The SMILES string of the molecule is COC(=O)c1nc(C(N)=O)sc1C(=O)OC. The smallest absolute Gasteiger partial charge is 0.358 e. The molecule has 0 unspecified atom stereocenters. The van der Waals surface area contributed by atoms with Crippen LogP contribution in [0.3, 0.4) is 0 Å². The van der Waals surface area contributed by atoms with E-state index in [4.69, 9.17) is 5.73 Å². The van der Waals surface area contributed by atoms with E-state index in [-0.39, 0.29) is 15.6 Å². The molecule has 2 N–H and O–H groups in total. The van der Waals surface area contributed by atoms with Crippen molar-refractivity contribution in [3.05, 3.63) is 15.6 Å². The standard InChI is InChI=1S/C8H8N2O5S/c1-14-7(12)3-4(8(13)15-2)16-6(10-3)5(9)11/h1-2H3,(H2,9,11). The van der Waals surface area contributed by atoms with Gasteiger partial charge in [0, 0.05) is 0 Å². The zero-order valence-corrected chi connectivity index (χ0v) is 9.29. The fourth-order valence-corrected chi connectivity index (χ4v) is 1.71.